The molecule has 100 valence electrons. The molecule has 6 heteroatoms. The fraction of sp³-hybridized carbons (Fsp3) is 0.385. The van der Waals surface area contributed by atoms with E-state index in [1.165, 1.54) is 0 Å². The smallest absolute Gasteiger partial charge is 0.229 e. The van der Waals surface area contributed by atoms with Gasteiger partial charge in [0.05, 0.1) is 12.9 Å². The van der Waals surface area contributed by atoms with Crippen LogP contribution in [0.2, 0.25) is 0 Å². The average molecular weight is 277 g/mol. The molecule has 19 heavy (non-hydrogen) atoms. The van der Waals surface area contributed by atoms with E-state index >= 15 is 0 Å². The summed E-state index contributed by atoms with van der Waals surface area (Å²) in [6, 6.07) is 5.61. The number of aromatic nitrogens is 2. The molecule has 1 aliphatic carbocycles. The molecule has 2 N–H and O–H groups in total. The SMILES string of the molecule is COc1ccc(N)c(SCc2noc(C3CC3)n2)c1. The number of methoxy groups -OCH3 is 1. The largest absolute Gasteiger partial charge is 0.497 e. The van der Waals surface area contributed by atoms with Gasteiger partial charge in [-0.05, 0) is 31.0 Å². The number of anilines is 1. The van der Waals surface area contributed by atoms with Crippen LogP contribution < -0.4 is 10.5 Å². The lowest BCUT2D eigenvalue weighted by Gasteiger charge is -2.06. The van der Waals surface area contributed by atoms with Crippen LogP contribution in [0.25, 0.3) is 0 Å². The van der Waals surface area contributed by atoms with Crippen LogP contribution in [-0.2, 0) is 5.75 Å². The number of thioether (sulfide) groups is 1. The highest BCUT2D eigenvalue weighted by Crippen LogP contribution is 2.39. The molecule has 0 spiro atoms. The molecule has 0 radical (unpaired) electrons. The monoisotopic (exact) mass is 277 g/mol. The number of rotatable bonds is 5. The van der Waals surface area contributed by atoms with Crippen LogP contribution in [0.15, 0.2) is 27.6 Å². The Kier molecular flexibility index (Phi) is 3.33. The molecule has 0 unspecified atom stereocenters. The van der Waals surface area contributed by atoms with Gasteiger partial charge in [-0.15, -0.1) is 11.8 Å². The van der Waals surface area contributed by atoms with Gasteiger partial charge in [0.25, 0.3) is 0 Å². The first-order valence-electron chi connectivity index (χ1n) is 6.15. The highest BCUT2D eigenvalue weighted by atomic mass is 32.2. The standard InChI is InChI=1S/C13H15N3O2S/c1-17-9-4-5-10(14)11(6-9)19-7-12-15-13(18-16-12)8-2-3-8/h4-6,8H,2-3,7,14H2,1H3. The number of nitrogen functional groups attached to an aromatic ring is 1. The van der Waals surface area contributed by atoms with E-state index in [0.29, 0.717) is 17.5 Å². The van der Waals surface area contributed by atoms with Crippen molar-refractivity contribution in [2.45, 2.75) is 29.4 Å². The Bertz CT molecular complexity index is 581. The van der Waals surface area contributed by atoms with Crippen molar-refractivity contribution in [2.24, 2.45) is 0 Å². The summed E-state index contributed by atoms with van der Waals surface area (Å²) in [4.78, 5) is 5.36. The van der Waals surface area contributed by atoms with Crippen molar-refractivity contribution in [3.63, 3.8) is 0 Å². The van der Waals surface area contributed by atoms with Crippen molar-refractivity contribution < 1.29 is 9.26 Å². The van der Waals surface area contributed by atoms with Crippen molar-refractivity contribution in [3.8, 4) is 5.75 Å². The van der Waals surface area contributed by atoms with Gasteiger partial charge in [-0.3, -0.25) is 0 Å². The van der Waals surface area contributed by atoms with Crippen molar-refractivity contribution in [2.75, 3.05) is 12.8 Å². The number of nitrogens with zero attached hydrogens (tertiary/aromatic N) is 2. The molecule has 0 aliphatic heterocycles. The molecule has 1 fully saturated rings. The molecule has 1 aromatic carbocycles. The van der Waals surface area contributed by atoms with Gasteiger partial charge in [-0.25, -0.2) is 0 Å². The number of hydrogen-bond acceptors (Lipinski definition) is 6. The van der Waals surface area contributed by atoms with E-state index in [1.807, 2.05) is 18.2 Å². The van der Waals surface area contributed by atoms with Gasteiger partial charge in [-0.1, -0.05) is 5.16 Å². The van der Waals surface area contributed by atoms with Crippen LogP contribution in [-0.4, -0.2) is 17.3 Å². The van der Waals surface area contributed by atoms with Gasteiger partial charge in [-0.2, -0.15) is 4.98 Å². The molecule has 0 atom stereocenters. The van der Waals surface area contributed by atoms with Crippen molar-refractivity contribution >= 4 is 17.4 Å². The lowest BCUT2D eigenvalue weighted by atomic mass is 10.3. The summed E-state index contributed by atoms with van der Waals surface area (Å²) < 4.78 is 10.4. The Labute approximate surface area is 115 Å². The Morgan fingerprint density at radius 2 is 2.32 bits per heavy atom. The predicted octanol–water partition coefficient (Wildman–Crippen LogP) is 2.83. The van der Waals surface area contributed by atoms with Crippen LogP contribution in [0.3, 0.4) is 0 Å². The van der Waals surface area contributed by atoms with Crippen LogP contribution in [0.1, 0.15) is 30.5 Å². The van der Waals surface area contributed by atoms with E-state index in [9.17, 15) is 0 Å². The van der Waals surface area contributed by atoms with E-state index in [1.54, 1.807) is 18.9 Å². The summed E-state index contributed by atoms with van der Waals surface area (Å²) in [6.07, 6.45) is 2.33. The van der Waals surface area contributed by atoms with E-state index in [-0.39, 0.29) is 0 Å². The third-order valence-electron chi connectivity index (χ3n) is 2.99. The molecule has 0 bridgehead atoms. The Morgan fingerprint density at radius 1 is 1.47 bits per heavy atom. The minimum atomic E-state index is 0.494. The third-order valence-corrected chi connectivity index (χ3v) is 4.05. The summed E-state index contributed by atoms with van der Waals surface area (Å²) in [5.74, 6) is 3.42. The lowest BCUT2D eigenvalue weighted by Crippen LogP contribution is -1.92. The zero-order chi connectivity index (χ0) is 13.2. The van der Waals surface area contributed by atoms with Gasteiger partial charge >= 0.3 is 0 Å². The highest BCUT2D eigenvalue weighted by molar-refractivity contribution is 7.98. The molecule has 1 heterocycles. The van der Waals surface area contributed by atoms with Crippen molar-refractivity contribution in [1.29, 1.82) is 0 Å². The second-order valence-electron chi connectivity index (χ2n) is 4.52. The quantitative estimate of drug-likeness (QED) is 0.669. The first-order valence-corrected chi connectivity index (χ1v) is 7.13. The zero-order valence-electron chi connectivity index (χ0n) is 10.6. The van der Waals surface area contributed by atoms with Gasteiger partial charge in [0.2, 0.25) is 5.89 Å². The molecule has 3 rings (SSSR count). The Hall–Kier alpha value is -1.69. The topological polar surface area (TPSA) is 74.2 Å². The number of benzene rings is 1. The van der Waals surface area contributed by atoms with Gasteiger partial charge in [0.1, 0.15) is 5.75 Å². The summed E-state index contributed by atoms with van der Waals surface area (Å²) in [5, 5.41) is 3.99. The maximum absolute atomic E-state index is 5.93. The molecule has 0 saturated heterocycles. The van der Waals surface area contributed by atoms with Crippen LogP contribution in [0.5, 0.6) is 5.75 Å². The fourth-order valence-corrected chi connectivity index (χ4v) is 2.57. The minimum absolute atomic E-state index is 0.494. The first-order chi connectivity index (χ1) is 9.26. The average Bonchev–Trinajstić information content (AvgIpc) is 3.17. The van der Waals surface area contributed by atoms with E-state index < -0.39 is 0 Å². The van der Waals surface area contributed by atoms with Gasteiger partial charge in [0, 0.05) is 16.5 Å². The van der Waals surface area contributed by atoms with E-state index in [2.05, 4.69) is 10.1 Å². The Morgan fingerprint density at radius 3 is 3.05 bits per heavy atom. The fourth-order valence-electron chi connectivity index (χ4n) is 1.73. The van der Waals surface area contributed by atoms with Crippen molar-refractivity contribution in [1.82, 2.24) is 10.1 Å². The minimum Gasteiger partial charge on any atom is -0.497 e. The summed E-state index contributed by atoms with van der Waals surface area (Å²) in [7, 11) is 1.64. The molecule has 1 aliphatic rings. The van der Waals surface area contributed by atoms with Crippen LogP contribution in [0.4, 0.5) is 5.69 Å². The lowest BCUT2D eigenvalue weighted by molar-refractivity contribution is 0.375. The molecule has 2 aromatic rings. The maximum atomic E-state index is 5.93. The third kappa shape index (κ3) is 2.84. The second-order valence-corrected chi connectivity index (χ2v) is 5.53. The molecular formula is C13H15N3O2S. The van der Waals surface area contributed by atoms with E-state index in [4.69, 9.17) is 15.0 Å². The number of hydrogen-bond donors (Lipinski definition) is 1. The number of ether oxygens (including phenoxy) is 1. The molecule has 1 aromatic heterocycles. The maximum Gasteiger partial charge on any atom is 0.229 e. The summed E-state index contributed by atoms with van der Waals surface area (Å²) in [5.41, 5.74) is 6.66. The zero-order valence-corrected chi connectivity index (χ0v) is 11.4. The first kappa shape index (κ1) is 12.3. The molecule has 0 amide bonds. The Balaban J connectivity index is 1.67. The number of nitrogens with two attached hydrogens (primary N) is 1. The van der Waals surface area contributed by atoms with Gasteiger partial charge < -0.3 is 15.0 Å². The van der Waals surface area contributed by atoms with Gasteiger partial charge in [0.15, 0.2) is 5.82 Å². The van der Waals surface area contributed by atoms with E-state index in [0.717, 1.165) is 35.1 Å². The normalized spacial score (nSPS) is 14.6. The summed E-state index contributed by atoms with van der Waals surface area (Å²) >= 11 is 1.59. The second kappa shape index (κ2) is 5.13. The van der Waals surface area contributed by atoms with Crippen LogP contribution >= 0.6 is 11.8 Å². The molecule has 1 saturated carbocycles. The molecular weight excluding hydrogens is 262 g/mol. The van der Waals surface area contributed by atoms with Crippen molar-refractivity contribution in [3.05, 3.63) is 29.9 Å². The molecule has 5 nitrogen and oxygen atoms in total. The van der Waals surface area contributed by atoms with Crippen LogP contribution in [0, 0.1) is 0 Å². The summed E-state index contributed by atoms with van der Waals surface area (Å²) in [6.45, 7) is 0. The predicted molar refractivity (Wildman–Crippen MR) is 73.2 cm³/mol. The highest BCUT2D eigenvalue weighted by Gasteiger charge is 2.29.